The summed E-state index contributed by atoms with van der Waals surface area (Å²) in [6.45, 7) is 8.10. The summed E-state index contributed by atoms with van der Waals surface area (Å²) < 4.78 is 0. The largest absolute Gasteiger partial charge is 0.478 e. The van der Waals surface area contributed by atoms with Gasteiger partial charge in [0.25, 0.3) is 0 Å². The number of hydrogen-bond donors (Lipinski definition) is 3. The first-order valence-electron chi connectivity index (χ1n) is 6.52. The smallest absolute Gasteiger partial charge is 0.333 e. The van der Waals surface area contributed by atoms with E-state index in [1.165, 1.54) is 6.92 Å². The Kier molecular flexibility index (Phi) is 8.53. The first-order chi connectivity index (χ1) is 8.93. The fourth-order valence-corrected chi connectivity index (χ4v) is 1.43. The van der Waals surface area contributed by atoms with Crippen LogP contribution in [0.5, 0.6) is 0 Å². The lowest BCUT2D eigenvalue weighted by atomic mass is 10.1. The molecule has 0 aliphatic carbocycles. The molecule has 0 rings (SSSR count). The fraction of sp³-hybridized carbons (Fsp3) is 0.571. The molecular formula is C14H24N2O3. The van der Waals surface area contributed by atoms with Crippen LogP contribution >= 0.6 is 0 Å². The van der Waals surface area contributed by atoms with Gasteiger partial charge in [0.2, 0.25) is 5.91 Å². The van der Waals surface area contributed by atoms with E-state index in [9.17, 15) is 9.59 Å². The van der Waals surface area contributed by atoms with E-state index in [1.807, 2.05) is 0 Å². The Morgan fingerprint density at radius 2 is 1.89 bits per heavy atom. The van der Waals surface area contributed by atoms with E-state index in [1.54, 1.807) is 19.9 Å². The number of hydrogen-bond acceptors (Lipinski definition) is 3. The van der Waals surface area contributed by atoms with E-state index in [-0.39, 0.29) is 18.0 Å². The predicted octanol–water partition coefficient (Wildman–Crippen LogP) is 1.82. The molecule has 0 heterocycles. The Morgan fingerprint density at radius 1 is 1.26 bits per heavy atom. The van der Waals surface area contributed by atoms with Crippen LogP contribution in [0.4, 0.5) is 0 Å². The van der Waals surface area contributed by atoms with Gasteiger partial charge in [0, 0.05) is 0 Å². The van der Waals surface area contributed by atoms with E-state index in [2.05, 4.69) is 17.6 Å². The molecule has 0 fully saturated rings. The molecule has 0 aliphatic rings. The molecule has 3 N–H and O–H groups in total. The third-order valence-electron chi connectivity index (χ3n) is 2.78. The zero-order valence-electron chi connectivity index (χ0n) is 12.2. The molecule has 1 amide bonds. The number of allylic oxidation sites excluding steroid dienone is 2. The zero-order chi connectivity index (χ0) is 14.8. The molecule has 19 heavy (non-hydrogen) atoms. The van der Waals surface area contributed by atoms with E-state index < -0.39 is 5.97 Å². The molecule has 0 saturated heterocycles. The summed E-state index contributed by atoms with van der Waals surface area (Å²) in [5.41, 5.74) is 1.25. The Morgan fingerprint density at radius 3 is 2.37 bits per heavy atom. The van der Waals surface area contributed by atoms with Crippen molar-refractivity contribution in [2.45, 2.75) is 40.5 Å². The van der Waals surface area contributed by atoms with Crippen molar-refractivity contribution in [3.05, 3.63) is 22.9 Å². The van der Waals surface area contributed by atoms with Crippen LogP contribution in [-0.2, 0) is 9.59 Å². The van der Waals surface area contributed by atoms with Gasteiger partial charge in [0.1, 0.15) is 0 Å². The van der Waals surface area contributed by atoms with E-state index in [0.29, 0.717) is 5.70 Å². The summed E-state index contributed by atoms with van der Waals surface area (Å²) >= 11 is 0. The Bertz CT molecular complexity index is 384. The van der Waals surface area contributed by atoms with Gasteiger partial charge in [0.05, 0.1) is 17.8 Å². The second kappa shape index (κ2) is 9.33. The number of aliphatic carboxylic acids is 1. The molecule has 0 aromatic heterocycles. The van der Waals surface area contributed by atoms with Crippen LogP contribution in [0.3, 0.4) is 0 Å². The van der Waals surface area contributed by atoms with Crippen molar-refractivity contribution in [2.75, 3.05) is 13.1 Å². The van der Waals surface area contributed by atoms with Crippen molar-refractivity contribution in [1.82, 2.24) is 10.6 Å². The molecule has 0 bridgehead atoms. The maximum Gasteiger partial charge on any atom is 0.333 e. The van der Waals surface area contributed by atoms with Gasteiger partial charge in [0.15, 0.2) is 0 Å². The van der Waals surface area contributed by atoms with Gasteiger partial charge in [-0.25, -0.2) is 4.79 Å². The van der Waals surface area contributed by atoms with E-state index in [0.717, 1.165) is 25.0 Å². The molecule has 5 heteroatoms. The summed E-state index contributed by atoms with van der Waals surface area (Å²) in [4.78, 5) is 22.7. The highest BCUT2D eigenvalue weighted by Crippen LogP contribution is 2.11. The molecule has 108 valence electrons. The average Bonchev–Trinajstić information content (AvgIpc) is 2.39. The number of carbonyl (C=O) groups excluding carboxylic acids is 1. The highest BCUT2D eigenvalue weighted by Gasteiger charge is 2.13. The van der Waals surface area contributed by atoms with E-state index >= 15 is 0 Å². The van der Waals surface area contributed by atoms with Gasteiger partial charge >= 0.3 is 5.97 Å². The number of carbonyl (C=O) groups is 2. The quantitative estimate of drug-likeness (QED) is 0.356. The van der Waals surface area contributed by atoms with Gasteiger partial charge < -0.3 is 15.7 Å². The summed E-state index contributed by atoms with van der Waals surface area (Å²) in [7, 11) is 0. The van der Waals surface area contributed by atoms with Crippen molar-refractivity contribution in [3.63, 3.8) is 0 Å². The minimum atomic E-state index is -1.03. The van der Waals surface area contributed by atoms with Crippen LogP contribution in [-0.4, -0.2) is 30.1 Å². The lowest BCUT2D eigenvalue weighted by molar-refractivity contribution is -0.132. The standard InChI is InChI=1S/C14H24N2O3/c1-5-7-8-15-9-12(17)16-13(10(3)6-2)11(4)14(18)19/h6,15H,5,7-9H2,1-4H3,(H,16,17)(H,18,19)/b10-6-,13-11-. The van der Waals surface area contributed by atoms with Crippen molar-refractivity contribution in [2.24, 2.45) is 0 Å². The topological polar surface area (TPSA) is 78.4 Å². The average molecular weight is 268 g/mol. The molecule has 0 aromatic carbocycles. The summed E-state index contributed by atoms with van der Waals surface area (Å²) in [6, 6.07) is 0. The molecular weight excluding hydrogens is 244 g/mol. The second-order valence-electron chi connectivity index (χ2n) is 4.36. The Hall–Kier alpha value is -1.62. The maximum atomic E-state index is 11.7. The van der Waals surface area contributed by atoms with Gasteiger partial charge in [-0.1, -0.05) is 19.4 Å². The number of nitrogens with one attached hydrogen (secondary N) is 2. The molecule has 0 spiro atoms. The number of rotatable bonds is 8. The van der Waals surface area contributed by atoms with Gasteiger partial charge in [-0.2, -0.15) is 0 Å². The minimum absolute atomic E-state index is 0.137. The summed E-state index contributed by atoms with van der Waals surface area (Å²) in [5.74, 6) is -1.26. The van der Waals surface area contributed by atoms with Crippen LogP contribution in [0.15, 0.2) is 22.9 Å². The van der Waals surface area contributed by atoms with E-state index in [4.69, 9.17) is 5.11 Å². The van der Waals surface area contributed by atoms with Gasteiger partial charge in [-0.05, 0) is 39.3 Å². The van der Waals surface area contributed by atoms with Crippen LogP contribution in [0, 0.1) is 0 Å². The lowest BCUT2D eigenvalue weighted by Crippen LogP contribution is -2.35. The third-order valence-corrected chi connectivity index (χ3v) is 2.78. The van der Waals surface area contributed by atoms with Crippen molar-refractivity contribution in [3.8, 4) is 0 Å². The van der Waals surface area contributed by atoms with Gasteiger partial charge in [-0.3, -0.25) is 4.79 Å². The molecule has 5 nitrogen and oxygen atoms in total. The van der Waals surface area contributed by atoms with Crippen LogP contribution < -0.4 is 10.6 Å². The zero-order valence-corrected chi connectivity index (χ0v) is 12.2. The minimum Gasteiger partial charge on any atom is -0.478 e. The summed E-state index contributed by atoms with van der Waals surface area (Å²) in [5, 5.41) is 14.7. The maximum absolute atomic E-state index is 11.7. The fourth-order valence-electron chi connectivity index (χ4n) is 1.43. The highest BCUT2D eigenvalue weighted by atomic mass is 16.4. The van der Waals surface area contributed by atoms with Crippen LogP contribution in [0.1, 0.15) is 40.5 Å². The molecule has 0 aromatic rings. The normalized spacial score (nSPS) is 12.9. The van der Waals surface area contributed by atoms with Crippen molar-refractivity contribution >= 4 is 11.9 Å². The van der Waals surface area contributed by atoms with Crippen LogP contribution in [0.25, 0.3) is 0 Å². The molecule has 0 radical (unpaired) electrons. The molecule has 0 aliphatic heterocycles. The number of carboxylic acid groups (broad SMARTS) is 1. The Balaban J connectivity index is 4.64. The summed E-state index contributed by atoms with van der Waals surface area (Å²) in [6.07, 6.45) is 3.85. The third kappa shape index (κ3) is 6.76. The number of unbranched alkanes of at least 4 members (excludes halogenated alkanes) is 1. The van der Waals surface area contributed by atoms with Crippen molar-refractivity contribution in [1.29, 1.82) is 0 Å². The number of amides is 1. The molecule has 0 atom stereocenters. The first kappa shape index (κ1) is 17.4. The number of carboxylic acids is 1. The monoisotopic (exact) mass is 268 g/mol. The first-order valence-corrected chi connectivity index (χ1v) is 6.52. The van der Waals surface area contributed by atoms with Crippen molar-refractivity contribution < 1.29 is 14.7 Å². The SMILES string of the molecule is C/C=C(C)\C(NC(=O)CNCCCC)=C(/C)C(=O)O. The highest BCUT2D eigenvalue weighted by molar-refractivity contribution is 5.90. The Labute approximate surface area is 114 Å². The molecule has 0 saturated carbocycles. The van der Waals surface area contributed by atoms with Gasteiger partial charge in [-0.15, -0.1) is 0 Å². The predicted molar refractivity (Wildman–Crippen MR) is 75.7 cm³/mol. The van der Waals surface area contributed by atoms with Crippen LogP contribution in [0.2, 0.25) is 0 Å². The lowest BCUT2D eigenvalue weighted by Gasteiger charge is -2.13. The second-order valence-corrected chi connectivity index (χ2v) is 4.36. The molecule has 0 unspecified atom stereocenters.